The summed E-state index contributed by atoms with van der Waals surface area (Å²) in [4.78, 5) is 12.2. The van der Waals surface area contributed by atoms with Gasteiger partial charge in [-0.3, -0.25) is 4.79 Å². The van der Waals surface area contributed by atoms with E-state index in [0.29, 0.717) is 25.7 Å². The molecule has 16 nitrogen and oxygen atoms in total. The predicted molar refractivity (Wildman–Crippen MR) is 147 cm³/mol. The van der Waals surface area contributed by atoms with Crippen LogP contribution < -0.4 is 34.4 Å². The Morgan fingerprint density at radius 2 is 1.26 bits per heavy atom. The smallest absolute Gasteiger partial charge is 0.187 e. The summed E-state index contributed by atoms with van der Waals surface area (Å²) >= 11 is 0. The lowest BCUT2D eigenvalue weighted by atomic mass is 9.77. The van der Waals surface area contributed by atoms with Crippen molar-refractivity contribution in [1.82, 2.24) is 0 Å². The molecule has 0 aromatic heterocycles. The normalized spacial score (nSPS) is 46.5. The Labute approximate surface area is 245 Å². The molecule has 42 heavy (non-hydrogen) atoms. The lowest BCUT2D eigenvalue weighted by Gasteiger charge is -2.46. The third kappa shape index (κ3) is 7.82. The largest absolute Gasteiger partial charge is 0.394 e. The molecule has 244 valence electrons. The van der Waals surface area contributed by atoms with Gasteiger partial charge in [0.15, 0.2) is 18.9 Å². The van der Waals surface area contributed by atoms with Gasteiger partial charge in [-0.1, -0.05) is 0 Å². The molecular formula is C26H50N6O10. The number of nitrogens with two attached hydrogens (primary N) is 6. The van der Waals surface area contributed by atoms with Crippen LogP contribution in [-0.4, -0.2) is 133 Å². The molecule has 15 N–H and O–H groups in total. The van der Waals surface area contributed by atoms with E-state index >= 15 is 0 Å². The molecule has 0 aromatic rings. The Morgan fingerprint density at radius 1 is 0.714 bits per heavy atom. The molecule has 0 unspecified atom stereocenters. The Balaban J connectivity index is 1.52. The lowest BCUT2D eigenvalue weighted by Crippen LogP contribution is -2.62. The number of carbonyl (C=O) groups is 1. The zero-order valence-electron chi connectivity index (χ0n) is 23.9. The summed E-state index contributed by atoms with van der Waals surface area (Å²) in [5, 5.41) is 32.7. The second kappa shape index (κ2) is 15.4. The van der Waals surface area contributed by atoms with E-state index in [1.807, 2.05) is 0 Å². The van der Waals surface area contributed by atoms with Crippen LogP contribution in [0.1, 0.15) is 38.5 Å². The Morgan fingerprint density at radius 3 is 1.79 bits per heavy atom. The molecule has 0 radical (unpaired) electrons. The van der Waals surface area contributed by atoms with Gasteiger partial charge in [0.25, 0.3) is 0 Å². The van der Waals surface area contributed by atoms with E-state index in [9.17, 15) is 20.1 Å². The van der Waals surface area contributed by atoms with E-state index in [4.69, 9.17) is 62.8 Å². The number of hydrogen-bond donors (Lipinski definition) is 9. The van der Waals surface area contributed by atoms with Gasteiger partial charge < -0.3 is 78.1 Å². The standard InChI is InChI=1S/C26H50N6O10/c27-7-12(34)5-11-6-17(32)21(40-24-15(30)3-1-13(8-28)37-24)23(19(11)35)42-26-20(36)22(18(10-33)39-26)41-25-16(31)4-2-14(9-29)38-25/h11,13-26,33,35-36H,1-10,27-32H2/t11-,13+,14-,15-,16-,17+,18-,19+,20-,21-,22-,23-,24-,25-,26+/m1/s1. The minimum atomic E-state index is -1.42. The minimum absolute atomic E-state index is 0.0229. The Kier molecular flexibility index (Phi) is 12.4. The minimum Gasteiger partial charge on any atom is -0.394 e. The van der Waals surface area contributed by atoms with Crippen LogP contribution in [0.2, 0.25) is 0 Å². The zero-order chi connectivity index (χ0) is 30.6. The number of ketones is 1. The molecule has 0 amide bonds. The fourth-order valence-corrected chi connectivity index (χ4v) is 6.20. The van der Waals surface area contributed by atoms with Crippen molar-refractivity contribution in [2.45, 2.75) is 124 Å². The number of aliphatic hydroxyl groups excluding tert-OH is 3. The first-order valence-corrected chi connectivity index (χ1v) is 14.9. The molecule has 0 aromatic carbocycles. The maximum absolute atomic E-state index is 12.2. The van der Waals surface area contributed by atoms with Crippen LogP contribution in [0.25, 0.3) is 0 Å². The summed E-state index contributed by atoms with van der Waals surface area (Å²) in [6, 6.07) is -1.66. The number of rotatable bonds is 12. The zero-order valence-corrected chi connectivity index (χ0v) is 23.9. The SMILES string of the molecule is NCC(=O)C[C@@H]1C[C@H](N)[C@@H](O[C@H]2O[C@H](CN)CC[C@H]2N)[C@H](O[C@@H]2O[C@H](CO)[C@@H](O[C@H]3O[C@@H](CN)CC[C@H]3N)[C@H]2O)[C@H]1O. The van der Waals surface area contributed by atoms with Crippen LogP contribution in [0, 0.1) is 5.92 Å². The highest BCUT2D eigenvalue weighted by atomic mass is 16.8. The van der Waals surface area contributed by atoms with E-state index in [2.05, 4.69) is 0 Å². The molecule has 4 fully saturated rings. The fourth-order valence-electron chi connectivity index (χ4n) is 6.20. The Hall–Kier alpha value is -0.930. The van der Waals surface area contributed by atoms with Crippen molar-refractivity contribution in [3.63, 3.8) is 0 Å². The summed E-state index contributed by atoms with van der Waals surface area (Å²) < 4.78 is 36.1. The van der Waals surface area contributed by atoms with Gasteiger partial charge >= 0.3 is 0 Å². The lowest BCUT2D eigenvalue weighted by molar-refractivity contribution is -0.291. The molecule has 3 heterocycles. The van der Waals surface area contributed by atoms with Crippen LogP contribution >= 0.6 is 0 Å². The monoisotopic (exact) mass is 606 g/mol. The first-order valence-electron chi connectivity index (χ1n) is 14.9. The van der Waals surface area contributed by atoms with Crippen LogP contribution in [0.5, 0.6) is 0 Å². The summed E-state index contributed by atoms with van der Waals surface area (Å²) in [5.74, 6) is -0.849. The van der Waals surface area contributed by atoms with Crippen molar-refractivity contribution >= 4 is 5.78 Å². The highest BCUT2D eigenvalue weighted by Gasteiger charge is 2.53. The van der Waals surface area contributed by atoms with Crippen LogP contribution in [-0.2, 0) is 33.2 Å². The first-order chi connectivity index (χ1) is 20.1. The van der Waals surface area contributed by atoms with E-state index in [-0.39, 0.29) is 50.5 Å². The molecule has 15 atom stereocenters. The number of hydrogen-bond acceptors (Lipinski definition) is 16. The Bertz CT molecular complexity index is 864. The highest BCUT2D eigenvalue weighted by Crippen LogP contribution is 2.37. The molecular weight excluding hydrogens is 556 g/mol. The molecule has 3 saturated heterocycles. The number of ether oxygens (including phenoxy) is 6. The maximum Gasteiger partial charge on any atom is 0.187 e. The average molecular weight is 607 g/mol. The van der Waals surface area contributed by atoms with Crippen molar-refractivity contribution in [1.29, 1.82) is 0 Å². The van der Waals surface area contributed by atoms with Crippen LogP contribution in [0.15, 0.2) is 0 Å². The summed E-state index contributed by atoms with van der Waals surface area (Å²) in [6.07, 6.45) is -7.75. The van der Waals surface area contributed by atoms with Gasteiger partial charge in [0.05, 0.1) is 43.5 Å². The van der Waals surface area contributed by atoms with E-state index in [1.54, 1.807) is 0 Å². The predicted octanol–water partition coefficient (Wildman–Crippen LogP) is -4.57. The number of carbonyl (C=O) groups excluding carboxylic acids is 1. The quantitative estimate of drug-likeness (QED) is 0.101. The van der Waals surface area contributed by atoms with Crippen LogP contribution in [0.4, 0.5) is 0 Å². The van der Waals surface area contributed by atoms with Crippen molar-refractivity contribution in [2.24, 2.45) is 40.3 Å². The fraction of sp³-hybridized carbons (Fsp3) is 0.962. The second-order valence-corrected chi connectivity index (χ2v) is 11.8. The molecule has 1 saturated carbocycles. The van der Waals surface area contributed by atoms with Gasteiger partial charge in [-0.15, -0.1) is 0 Å². The van der Waals surface area contributed by atoms with Gasteiger partial charge in [0.2, 0.25) is 0 Å². The molecule has 4 rings (SSSR count). The molecule has 4 aliphatic rings. The van der Waals surface area contributed by atoms with E-state index in [1.165, 1.54) is 0 Å². The van der Waals surface area contributed by atoms with E-state index < -0.39 is 86.1 Å². The van der Waals surface area contributed by atoms with Gasteiger partial charge in [-0.2, -0.15) is 0 Å². The molecule has 1 aliphatic carbocycles. The summed E-state index contributed by atoms with van der Waals surface area (Å²) in [7, 11) is 0. The van der Waals surface area contributed by atoms with Crippen molar-refractivity contribution in [3.8, 4) is 0 Å². The van der Waals surface area contributed by atoms with Crippen molar-refractivity contribution in [3.05, 3.63) is 0 Å². The maximum atomic E-state index is 12.2. The first kappa shape index (κ1) is 34.0. The van der Waals surface area contributed by atoms with Gasteiger partial charge in [0.1, 0.15) is 36.3 Å². The third-order valence-corrected chi connectivity index (χ3v) is 8.72. The van der Waals surface area contributed by atoms with Crippen molar-refractivity contribution in [2.75, 3.05) is 26.2 Å². The number of Topliss-reactive ketones (excluding diaryl/α,β-unsaturated/α-hetero) is 1. The second-order valence-electron chi connectivity index (χ2n) is 11.8. The molecule has 0 bridgehead atoms. The topological polar surface area (TPSA) is 289 Å². The van der Waals surface area contributed by atoms with Crippen LogP contribution in [0.3, 0.4) is 0 Å². The van der Waals surface area contributed by atoms with Gasteiger partial charge in [-0.25, -0.2) is 0 Å². The average Bonchev–Trinajstić information content (AvgIpc) is 3.28. The summed E-state index contributed by atoms with van der Waals surface area (Å²) in [5.41, 5.74) is 36.1. The summed E-state index contributed by atoms with van der Waals surface area (Å²) in [6.45, 7) is -0.134. The molecule has 3 aliphatic heterocycles. The molecule has 0 spiro atoms. The van der Waals surface area contributed by atoms with Gasteiger partial charge in [-0.05, 0) is 38.0 Å². The van der Waals surface area contributed by atoms with E-state index in [0.717, 1.165) is 0 Å². The van der Waals surface area contributed by atoms with Crippen molar-refractivity contribution < 1.29 is 48.5 Å². The molecule has 16 heteroatoms. The van der Waals surface area contributed by atoms with Gasteiger partial charge in [0, 0.05) is 25.6 Å². The third-order valence-electron chi connectivity index (χ3n) is 8.72. The number of aliphatic hydroxyl groups is 3. The highest BCUT2D eigenvalue weighted by molar-refractivity contribution is 5.80.